The molecule has 1 atom stereocenters. The van der Waals surface area contributed by atoms with Crippen LogP contribution in [-0.2, 0) is 0 Å². The fraction of sp³-hybridized carbons (Fsp3) is 0.889. The first kappa shape index (κ1) is 9.67. The molecule has 0 saturated heterocycles. The molecule has 0 spiro atoms. The maximum absolute atomic E-state index is 7.20. The minimum absolute atomic E-state index is 0.823. The Bertz CT molecular complexity index is 96.9. The maximum atomic E-state index is 7.20. The van der Waals surface area contributed by atoms with Gasteiger partial charge in [-0.25, -0.2) is 0 Å². The Morgan fingerprint density at radius 1 is 1.50 bits per heavy atom. The van der Waals surface area contributed by atoms with E-state index in [0.717, 1.165) is 18.1 Å². The number of rotatable bonds is 5. The van der Waals surface area contributed by atoms with E-state index in [-0.39, 0.29) is 0 Å². The van der Waals surface area contributed by atoms with Crippen molar-refractivity contribution in [3.63, 3.8) is 0 Å². The average Bonchev–Trinajstić information content (AvgIpc) is 1.87. The Balaban J connectivity index is 3.11. The third-order valence-corrected chi connectivity index (χ3v) is 1.95. The molecule has 0 radical (unpaired) electrons. The first-order chi connectivity index (χ1) is 4.66. The largest absolute Gasteiger partial charge is 0.310 e. The molecule has 0 aliphatic rings. The second-order valence-corrected chi connectivity index (χ2v) is 3.19. The van der Waals surface area contributed by atoms with Crippen molar-refractivity contribution in [2.75, 3.05) is 0 Å². The fourth-order valence-corrected chi connectivity index (χ4v) is 0.920. The van der Waals surface area contributed by atoms with Crippen molar-refractivity contribution in [2.45, 2.75) is 46.5 Å². The molecule has 1 nitrogen and oxygen atoms in total. The molecular formula is C9H19N. The molecule has 0 fully saturated rings. The summed E-state index contributed by atoms with van der Waals surface area (Å²) >= 11 is 0. The first-order valence-electron chi connectivity index (χ1n) is 4.20. The zero-order chi connectivity index (χ0) is 7.98. The molecule has 0 saturated carbocycles. The molecule has 0 aromatic carbocycles. The van der Waals surface area contributed by atoms with Gasteiger partial charge >= 0.3 is 0 Å². The van der Waals surface area contributed by atoms with Gasteiger partial charge in [0.15, 0.2) is 0 Å². The predicted molar refractivity (Wildman–Crippen MR) is 46.7 cm³/mol. The van der Waals surface area contributed by atoms with Gasteiger partial charge < -0.3 is 5.41 Å². The lowest BCUT2D eigenvalue weighted by Gasteiger charge is -2.06. The highest BCUT2D eigenvalue weighted by atomic mass is 14.4. The summed E-state index contributed by atoms with van der Waals surface area (Å²) in [5.74, 6) is 0.847. The molecule has 0 aromatic heterocycles. The highest BCUT2D eigenvalue weighted by Gasteiger charge is 1.97. The van der Waals surface area contributed by atoms with Gasteiger partial charge in [-0.15, -0.1) is 0 Å². The van der Waals surface area contributed by atoms with Crippen LogP contribution in [0.5, 0.6) is 0 Å². The molecule has 0 rings (SSSR count). The summed E-state index contributed by atoms with van der Waals surface area (Å²) in [6.07, 6.45) is 4.75. The molecule has 0 aliphatic heterocycles. The second-order valence-electron chi connectivity index (χ2n) is 3.19. The molecule has 0 aromatic rings. The Labute approximate surface area is 64.3 Å². The van der Waals surface area contributed by atoms with Crippen LogP contribution < -0.4 is 0 Å². The van der Waals surface area contributed by atoms with E-state index in [9.17, 15) is 0 Å². The Morgan fingerprint density at radius 2 is 2.10 bits per heavy atom. The van der Waals surface area contributed by atoms with Crippen LogP contribution in [0.2, 0.25) is 0 Å². The van der Waals surface area contributed by atoms with Crippen LogP contribution in [0.3, 0.4) is 0 Å². The van der Waals surface area contributed by atoms with Gasteiger partial charge in [-0.2, -0.15) is 0 Å². The molecule has 0 bridgehead atoms. The van der Waals surface area contributed by atoms with E-state index in [0.29, 0.717) is 0 Å². The van der Waals surface area contributed by atoms with Crippen LogP contribution in [-0.4, -0.2) is 5.71 Å². The van der Waals surface area contributed by atoms with Crippen LogP contribution >= 0.6 is 0 Å². The zero-order valence-corrected chi connectivity index (χ0v) is 7.41. The van der Waals surface area contributed by atoms with Gasteiger partial charge in [-0.3, -0.25) is 0 Å². The summed E-state index contributed by atoms with van der Waals surface area (Å²) in [7, 11) is 0. The topological polar surface area (TPSA) is 23.9 Å². The van der Waals surface area contributed by atoms with E-state index in [1.807, 2.05) is 6.92 Å². The molecule has 10 heavy (non-hydrogen) atoms. The number of hydrogen-bond donors (Lipinski definition) is 1. The van der Waals surface area contributed by atoms with Gasteiger partial charge in [0.25, 0.3) is 0 Å². The minimum atomic E-state index is 0.823. The van der Waals surface area contributed by atoms with Crippen molar-refractivity contribution < 1.29 is 0 Å². The van der Waals surface area contributed by atoms with E-state index in [2.05, 4.69) is 13.8 Å². The molecule has 0 amide bonds. The predicted octanol–water partition coefficient (Wildman–Crippen LogP) is 3.24. The second kappa shape index (κ2) is 5.45. The number of hydrogen-bond acceptors (Lipinski definition) is 1. The van der Waals surface area contributed by atoms with Crippen molar-refractivity contribution in [1.29, 1.82) is 5.41 Å². The third-order valence-electron chi connectivity index (χ3n) is 1.95. The van der Waals surface area contributed by atoms with Gasteiger partial charge in [-0.05, 0) is 25.7 Å². The zero-order valence-electron chi connectivity index (χ0n) is 7.41. The Morgan fingerprint density at radius 3 is 2.50 bits per heavy atom. The fourth-order valence-electron chi connectivity index (χ4n) is 0.920. The lowest BCUT2D eigenvalue weighted by atomic mass is 10.0. The molecule has 0 unspecified atom stereocenters. The first-order valence-corrected chi connectivity index (χ1v) is 4.20. The molecule has 0 heterocycles. The Hall–Kier alpha value is -0.330. The van der Waals surface area contributed by atoms with Crippen molar-refractivity contribution in [3.8, 4) is 0 Å². The summed E-state index contributed by atoms with van der Waals surface area (Å²) in [5.41, 5.74) is 0.823. The highest BCUT2D eigenvalue weighted by Crippen LogP contribution is 2.10. The monoisotopic (exact) mass is 141 g/mol. The van der Waals surface area contributed by atoms with Crippen molar-refractivity contribution >= 4 is 5.71 Å². The van der Waals surface area contributed by atoms with Crippen LogP contribution in [0.1, 0.15) is 46.5 Å². The molecule has 1 heteroatoms. The van der Waals surface area contributed by atoms with Crippen molar-refractivity contribution in [1.82, 2.24) is 0 Å². The highest BCUT2D eigenvalue weighted by molar-refractivity contribution is 5.78. The van der Waals surface area contributed by atoms with Gasteiger partial charge in [0.1, 0.15) is 0 Å². The molecule has 0 aliphatic carbocycles. The summed E-state index contributed by atoms with van der Waals surface area (Å²) in [4.78, 5) is 0. The van der Waals surface area contributed by atoms with E-state index >= 15 is 0 Å². The quantitative estimate of drug-likeness (QED) is 0.568. The molecule has 1 N–H and O–H groups in total. The van der Waals surface area contributed by atoms with Crippen LogP contribution in [0, 0.1) is 11.3 Å². The maximum Gasteiger partial charge on any atom is 0.00582 e. The SMILES string of the molecule is CC[C@@H](C)CCCC(C)=N. The lowest BCUT2D eigenvalue weighted by Crippen LogP contribution is -1.94. The van der Waals surface area contributed by atoms with E-state index in [4.69, 9.17) is 5.41 Å². The summed E-state index contributed by atoms with van der Waals surface area (Å²) in [5, 5.41) is 7.20. The van der Waals surface area contributed by atoms with Crippen LogP contribution in [0.25, 0.3) is 0 Å². The average molecular weight is 141 g/mol. The number of nitrogens with one attached hydrogen (secondary N) is 1. The van der Waals surface area contributed by atoms with Gasteiger partial charge in [0.2, 0.25) is 0 Å². The minimum Gasteiger partial charge on any atom is -0.310 e. The third kappa shape index (κ3) is 5.80. The summed E-state index contributed by atoms with van der Waals surface area (Å²) < 4.78 is 0. The van der Waals surface area contributed by atoms with Crippen molar-refractivity contribution in [3.05, 3.63) is 0 Å². The standard InChI is InChI=1S/C9H19N/c1-4-8(2)6-5-7-9(3)10/h8,10H,4-7H2,1-3H3/t8-/m1/s1. The smallest absolute Gasteiger partial charge is 0.00582 e. The summed E-state index contributed by atoms with van der Waals surface area (Å²) in [6.45, 7) is 6.39. The normalized spacial score (nSPS) is 13.1. The van der Waals surface area contributed by atoms with E-state index < -0.39 is 0 Å². The lowest BCUT2D eigenvalue weighted by molar-refractivity contribution is 0.501. The van der Waals surface area contributed by atoms with E-state index in [1.165, 1.54) is 19.3 Å². The van der Waals surface area contributed by atoms with Gasteiger partial charge in [0, 0.05) is 5.71 Å². The molecule has 60 valence electrons. The molecular weight excluding hydrogens is 122 g/mol. The van der Waals surface area contributed by atoms with Gasteiger partial charge in [-0.1, -0.05) is 26.7 Å². The van der Waals surface area contributed by atoms with E-state index in [1.54, 1.807) is 0 Å². The van der Waals surface area contributed by atoms with Crippen molar-refractivity contribution in [2.24, 2.45) is 5.92 Å². The summed E-state index contributed by atoms with van der Waals surface area (Å²) in [6, 6.07) is 0. The Kier molecular flexibility index (Phi) is 5.27. The van der Waals surface area contributed by atoms with Crippen LogP contribution in [0.15, 0.2) is 0 Å². The van der Waals surface area contributed by atoms with Crippen LogP contribution in [0.4, 0.5) is 0 Å². The van der Waals surface area contributed by atoms with Gasteiger partial charge in [0.05, 0.1) is 0 Å².